The molecule has 2 aromatic heterocycles. The van der Waals surface area contributed by atoms with Crippen molar-refractivity contribution in [1.82, 2.24) is 14.7 Å². The monoisotopic (exact) mass is 300 g/mol. The minimum atomic E-state index is -3.10. The Morgan fingerprint density at radius 1 is 1.32 bits per heavy atom. The van der Waals surface area contributed by atoms with E-state index in [1.54, 1.807) is 11.3 Å². The first-order chi connectivity index (χ1) is 8.96. The van der Waals surface area contributed by atoms with Crippen molar-refractivity contribution in [2.75, 3.05) is 24.7 Å². The van der Waals surface area contributed by atoms with E-state index in [0.717, 1.165) is 22.3 Å². The van der Waals surface area contributed by atoms with E-state index in [9.17, 15) is 8.42 Å². The van der Waals surface area contributed by atoms with Gasteiger partial charge < -0.3 is 5.32 Å². The predicted molar refractivity (Wildman–Crippen MR) is 78.1 cm³/mol. The number of sulfonamides is 1. The number of nitrogens with zero attached hydrogens (tertiary/aromatic N) is 2. The van der Waals surface area contributed by atoms with Crippen LogP contribution < -0.4 is 10.0 Å². The van der Waals surface area contributed by atoms with Gasteiger partial charge in [0.05, 0.1) is 11.6 Å². The fourth-order valence-corrected chi connectivity index (χ4v) is 3.03. The number of hydrogen-bond donors (Lipinski definition) is 2. The molecule has 104 valence electrons. The Kier molecular flexibility index (Phi) is 4.33. The molecule has 0 aromatic carbocycles. The van der Waals surface area contributed by atoms with Crippen LogP contribution in [0.2, 0.25) is 0 Å². The number of rotatable bonds is 6. The summed E-state index contributed by atoms with van der Waals surface area (Å²) < 4.78 is 24.2. The molecule has 0 aliphatic rings. The summed E-state index contributed by atoms with van der Waals surface area (Å²) in [6, 6.07) is 2.05. The third-order valence-electron chi connectivity index (χ3n) is 2.46. The summed E-state index contributed by atoms with van der Waals surface area (Å²) in [6.07, 6.45) is 3.39. The van der Waals surface area contributed by atoms with E-state index < -0.39 is 10.0 Å². The van der Waals surface area contributed by atoms with Crippen molar-refractivity contribution in [3.8, 4) is 0 Å². The van der Waals surface area contributed by atoms with E-state index in [-0.39, 0.29) is 0 Å². The van der Waals surface area contributed by atoms with Gasteiger partial charge in [0, 0.05) is 18.0 Å². The average Bonchev–Trinajstić information content (AvgIpc) is 2.68. The molecule has 0 atom stereocenters. The van der Waals surface area contributed by atoms with Crippen molar-refractivity contribution in [2.45, 2.75) is 13.3 Å². The lowest BCUT2D eigenvalue weighted by molar-refractivity contribution is 0.586. The van der Waals surface area contributed by atoms with Crippen LogP contribution >= 0.6 is 11.3 Å². The molecule has 0 saturated heterocycles. The lowest BCUT2D eigenvalue weighted by Crippen LogP contribution is -2.24. The van der Waals surface area contributed by atoms with Gasteiger partial charge in [-0.1, -0.05) is 0 Å². The Morgan fingerprint density at radius 2 is 2.11 bits per heavy atom. The Labute approximate surface area is 116 Å². The largest absolute Gasteiger partial charge is 0.369 e. The fourth-order valence-electron chi connectivity index (χ4n) is 1.67. The quantitative estimate of drug-likeness (QED) is 0.787. The third-order valence-corrected chi connectivity index (χ3v) is 4.15. The lowest BCUT2D eigenvalue weighted by atomic mass is 10.3. The van der Waals surface area contributed by atoms with Gasteiger partial charge >= 0.3 is 0 Å². The van der Waals surface area contributed by atoms with Crippen LogP contribution in [0.1, 0.15) is 11.3 Å². The van der Waals surface area contributed by atoms with Gasteiger partial charge in [-0.05, 0) is 19.4 Å². The summed E-state index contributed by atoms with van der Waals surface area (Å²) in [5.41, 5.74) is 0. The summed E-state index contributed by atoms with van der Waals surface area (Å²) in [4.78, 5) is 10.6. The van der Waals surface area contributed by atoms with E-state index in [1.807, 2.05) is 6.92 Å². The van der Waals surface area contributed by atoms with Gasteiger partial charge in [0.25, 0.3) is 0 Å². The first-order valence-electron chi connectivity index (χ1n) is 5.85. The number of fused-ring (bicyclic) bond motifs is 1. The maximum absolute atomic E-state index is 10.9. The molecule has 2 rings (SSSR count). The van der Waals surface area contributed by atoms with Crippen LogP contribution in [0, 0.1) is 6.92 Å². The van der Waals surface area contributed by atoms with Crippen molar-refractivity contribution >= 4 is 37.4 Å². The lowest BCUT2D eigenvalue weighted by Gasteiger charge is -2.06. The van der Waals surface area contributed by atoms with Crippen molar-refractivity contribution in [3.63, 3.8) is 0 Å². The molecule has 0 fully saturated rings. The van der Waals surface area contributed by atoms with Crippen LogP contribution in [-0.2, 0) is 10.0 Å². The normalized spacial score (nSPS) is 11.9. The standard InChI is InChI=1S/C11H16N4O2S2/c1-8-6-9-10(13-7-14-11(9)18-8)12-4-3-5-15-19(2,16)17/h6-7,15H,3-5H2,1-2H3,(H,12,13,14). The maximum Gasteiger partial charge on any atom is 0.208 e. The van der Waals surface area contributed by atoms with Crippen molar-refractivity contribution in [1.29, 1.82) is 0 Å². The molecule has 0 unspecified atom stereocenters. The smallest absolute Gasteiger partial charge is 0.208 e. The summed E-state index contributed by atoms with van der Waals surface area (Å²) in [5.74, 6) is 0.800. The van der Waals surface area contributed by atoms with Gasteiger partial charge in [-0.2, -0.15) is 0 Å². The van der Waals surface area contributed by atoms with Gasteiger partial charge in [0.2, 0.25) is 10.0 Å². The molecule has 8 heteroatoms. The van der Waals surface area contributed by atoms with Crippen LogP contribution in [0.5, 0.6) is 0 Å². The Balaban J connectivity index is 1.91. The topological polar surface area (TPSA) is 84.0 Å². The molecule has 2 N–H and O–H groups in total. The highest BCUT2D eigenvalue weighted by atomic mass is 32.2. The minimum Gasteiger partial charge on any atom is -0.369 e. The molecular formula is C11H16N4O2S2. The second kappa shape index (κ2) is 5.81. The fraction of sp³-hybridized carbons (Fsp3) is 0.455. The van der Waals surface area contributed by atoms with E-state index in [2.05, 4.69) is 26.1 Å². The summed E-state index contributed by atoms with van der Waals surface area (Å²) >= 11 is 1.63. The maximum atomic E-state index is 10.9. The van der Waals surface area contributed by atoms with Crippen molar-refractivity contribution < 1.29 is 8.42 Å². The predicted octanol–water partition coefficient (Wildman–Crippen LogP) is 1.35. The molecule has 0 saturated carbocycles. The number of anilines is 1. The Morgan fingerprint density at radius 3 is 2.84 bits per heavy atom. The van der Waals surface area contributed by atoms with Crippen LogP contribution in [0.25, 0.3) is 10.2 Å². The SMILES string of the molecule is Cc1cc2c(NCCCNS(C)(=O)=O)ncnc2s1. The molecule has 0 radical (unpaired) electrons. The van der Waals surface area contributed by atoms with Crippen molar-refractivity contribution in [3.05, 3.63) is 17.3 Å². The molecule has 2 heterocycles. The average molecular weight is 300 g/mol. The van der Waals surface area contributed by atoms with E-state index in [1.165, 1.54) is 11.2 Å². The molecule has 0 aliphatic heterocycles. The zero-order chi connectivity index (χ0) is 13.9. The number of thiophene rings is 1. The number of aryl methyl sites for hydroxylation is 1. The van der Waals surface area contributed by atoms with Gasteiger partial charge in [0.1, 0.15) is 17.0 Å². The molecule has 0 bridgehead atoms. The molecule has 0 aliphatic carbocycles. The number of hydrogen-bond acceptors (Lipinski definition) is 6. The van der Waals surface area contributed by atoms with Crippen LogP contribution in [0.15, 0.2) is 12.4 Å². The molecule has 19 heavy (non-hydrogen) atoms. The zero-order valence-corrected chi connectivity index (χ0v) is 12.4. The summed E-state index contributed by atoms with van der Waals surface area (Å²) in [5, 5.41) is 4.22. The summed E-state index contributed by atoms with van der Waals surface area (Å²) in [6.45, 7) is 3.11. The van der Waals surface area contributed by atoms with E-state index >= 15 is 0 Å². The summed E-state index contributed by atoms with van der Waals surface area (Å²) in [7, 11) is -3.10. The molecule has 0 amide bonds. The van der Waals surface area contributed by atoms with Gasteiger partial charge in [0.15, 0.2) is 0 Å². The number of nitrogens with one attached hydrogen (secondary N) is 2. The third kappa shape index (κ3) is 4.12. The van der Waals surface area contributed by atoms with E-state index in [0.29, 0.717) is 19.5 Å². The van der Waals surface area contributed by atoms with Crippen LogP contribution in [0.4, 0.5) is 5.82 Å². The minimum absolute atomic E-state index is 0.419. The zero-order valence-electron chi connectivity index (χ0n) is 10.8. The molecule has 0 spiro atoms. The molecule has 6 nitrogen and oxygen atoms in total. The number of aromatic nitrogens is 2. The van der Waals surface area contributed by atoms with E-state index in [4.69, 9.17) is 0 Å². The first-order valence-corrected chi connectivity index (χ1v) is 8.56. The molecule has 2 aromatic rings. The van der Waals surface area contributed by atoms with Crippen molar-refractivity contribution in [2.24, 2.45) is 0 Å². The molecular weight excluding hydrogens is 284 g/mol. The second-order valence-electron chi connectivity index (χ2n) is 4.24. The first kappa shape index (κ1) is 14.2. The second-order valence-corrected chi connectivity index (χ2v) is 7.31. The van der Waals surface area contributed by atoms with Gasteiger partial charge in [-0.15, -0.1) is 11.3 Å². The van der Waals surface area contributed by atoms with Gasteiger partial charge in [-0.25, -0.2) is 23.1 Å². The van der Waals surface area contributed by atoms with Crippen LogP contribution in [0.3, 0.4) is 0 Å². The highest BCUT2D eigenvalue weighted by Crippen LogP contribution is 2.27. The highest BCUT2D eigenvalue weighted by molar-refractivity contribution is 7.88. The van der Waals surface area contributed by atoms with Gasteiger partial charge in [-0.3, -0.25) is 0 Å². The van der Waals surface area contributed by atoms with Crippen LogP contribution in [-0.4, -0.2) is 37.7 Å². The highest BCUT2D eigenvalue weighted by Gasteiger charge is 2.06. The Bertz CT molecular complexity index is 666. The Hall–Kier alpha value is -1.25.